The summed E-state index contributed by atoms with van der Waals surface area (Å²) in [6.07, 6.45) is -2.81. The molecular formula is C9H8ClF2NO2. The number of hydrogen-bond donors (Lipinski definition) is 0. The lowest BCUT2D eigenvalue weighted by Crippen LogP contribution is -2.06. The first-order valence-corrected chi connectivity index (χ1v) is 4.42. The van der Waals surface area contributed by atoms with E-state index < -0.39 is 12.4 Å². The maximum atomic E-state index is 12.3. The van der Waals surface area contributed by atoms with Crippen molar-refractivity contribution in [2.75, 3.05) is 7.11 Å². The number of esters is 1. The Hall–Kier alpha value is -1.23. The van der Waals surface area contributed by atoms with Gasteiger partial charge in [0.1, 0.15) is 5.15 Å². The van der Waals surface area contributed by atoms with E-state index in [0.29, 0.717) is 0 Å². The van der Waals surface area contributed by atoms with Gasteiger partial charge >= 0.3 is 5.97 Å². The normalized spacial score (nSPS) is 10.5. The zero-order chi connectivity index (χ0) is 11.4. The summed E-state index contributed by atoms with van der Waals surface area (Å²) >= 11 is 5.52. The molecule has 15 heavy (non-hydrogen) atoms. The molecule has 0 fully saturated rings. The van der Waals surface area contributed by atoms with Crippen LogP contribution in [0.5, 0.6) is 0 Å². The van der Waals surface area contributed by atoms with Crippen LogP contribution in [0.1, 0.15) is 17.7 Å². The van der Waals surface area contributed by atoms with Crippen LogP contribution in [0.4, 0.5) is 8.78 Å². The number of carbonyl (C=O) groups excluding carboxylic acids is 1. The highest BCUT2D eigenvalue weighted by atomic mass is 35.5. The van der Waals surface area contributed by atoms with Crippen molar-refractivity contribution in [1.29, 1.82) is 0 Å². The van der Waals surface area contributed by atoms with Gasteiger partial charge in [0, 0.05) is 5.56 Å². The SMILES string of the molecule is COC(=O)Cc1cc(C(F)F)cc(Cl)n1. The van der Waals surface area contributed by atoms with Crippen LogP contribution in [0.3, 0.4) is 0 Å². The zero-order valence-corrected chi connectivity index (χ0v) is 8.59. The van der Waals surface area contributed by atoms with E-state index in [9.17, 15) is 13.6 Å². The lowest BCUT2D eigenvalue weighted by Gasteiger charge is -2.04. The van der Waals surface area contributed by atoms with Crippen LogP contribution >= 0.6 is 11.6 Å². The van der Waals surface area contributed by atoms with Crippen LogP contribution < -0.4 is 0 Å². The Morgan fingerprint density at radius 3 is 2.80 bits per heavy atom. The summed E-state index contributed by atoms with van der Waals surface area (Å²) in [6, 6.07) is 2.19. The number of aromatic nitrogens is 1. The molecule has 0 saturated heterocycles. The van der Waals surface area contributed by atoms with Gasteiger partial charge in [-0.05, 0) is 12.1 Å². The van der Waals surface area contributed by atoms with Gasteiger partial charge in [0.15, 0.2) is 0 Å². The van der Waals surface area contributed by atoms with Crippen molar-refractivity contribution >= 4 is 17.6 Å². The second-order valence-electron chi connectivity index (χ2n) is 2.77. The average Bonchev–Trinajstić information content (AvgIpc) is 2.16. The van der Waals surface area contributed by atoms with Crippen LogP contribution in [0.2, 0.25) is 5.15 Å². The Labute approximate surface area is 90.0 Å². The zero-order valence-electron chi connectivity index (χ0n) is 7.84. The summed E-state index contributed by atoms with van der Waals surface area (Å²) in [5, 5.41) is -0.0632. The molecule has 1 aromatic heterocycles. The van der Waals surface area contributed by atoms with E-state index in [1.807, 2.05) is 0 Å². The highest BCUT2D eigenvalue weighted by molar-refractivity contribution is 6.29. The smallest absolute Gasteiger partial charge is 0.311 e. The fourth-order valence-electron chi connectivity index (χ4n) is 1.01. The van der Waals surface area contributed by atoms with E-state index in [1.165, 1.54) is 7.11 Å². The Kier molecular flexibility index (Phi) is 3.96. The fourth-order valence-corrected chi connectivity index (χ4v) is 1.24. The van der Waals surface area contributed by atoms with E-state index >= 15 is 0 Å². The molecule has 1 heterocycles. The summed E-state index contributed by atoms with van der Waals surface area (Å²) in [5.74, 6) is -0.551. The highest BCUT2D eigenvalue weighted by Crippen LogP contribution is 2.22. The Balaban J connectivity index is 2.93. The summed E-state index contributed by atoms with van der Waals surface area (Å²) in [5.41, 5.74) is -0.0847. The van der Waals surface area contributed by atoms with Crippen LogP contribution in [-0.4, -0.2) is 18.1 Å². The Bertz CT molecular complexity index is 371. The van der Waals surface area contributed by atoms with Crippen LogP contribution in [-0.2, 0) is 16.0 Å². The molecule has 1 aromatic rings. The molecule has 0 radical (unpaired) electrons. The number of nitrogens with zero attached hydrogens (tertiary/aromatic N) is 1. The van der Waals surface area contributed by atoms with Gasteiger partial charge in [-0.25, -0.2) is 13.8 Å². The van der Waals surface area contributed by atoms with Crippen molar-refractivity contribution in [3.05, 3.63) is 28.5 Å². The van der Waals surface area contributed by atoms with Gasteiger partial charge in [0.05, 0.1) is 19.2 Å². The number of pyridine rings is 1. The molecule has 0 aromatic carbocycles. The molecule has 0 spiro atoms. The molecule has 82 valence electrons. The first-order valence-electron chi connectivity index (χ1n) is 4.04. The molecule has 1 rings (SSSR count). The van der Waals surface area contributed by atoms with Crippen LogP contribution in [0, 0.1) is 0 Å². The summed E-state index contributed by atoms with van der Waals surface area (Å²) < 4.78 is 29.1. The van der Waals surface area contributed by atoms with E-state index in [4.69, 9.17) is 11.6 Å². The lowest BCUT2D eigenvalue weighted by molar-refractivity contribution is -0.139. The van der Waals surface area contributed by atoms with E-state index in [2.05, 4.69) is 9.72 Å². The molecule has 0 atom stereocenters. The fraction of sp³-hybridized carbons (Fsp3) is 0.333. The molecule has 0 N–H and O–H groups in total. The van der Waals surface area contributed by atoms with Gasteiger partial charge in [-0.15, -0.1) is 0 Å². The van der Waals surface area contributed by atoms with Crippen molar-refractivity contribution in [3.8, 4) is 0 Å². The standard InChI is InChI=1S/C9H8ClF2NO2/c1-15-8(14)4-6-2-5(9(11)12)3-7(10)13-6/h2-3,9H,4H2,1H3. The monoisotopic (exact) mass is 235 g/mol. The molecule has 0 bridgehead atoms. The highest BCUT2D eigenvalue weighted by Gasteiger charge is 2.12. The van der Waals surface area contributed by atoms with Crippen molar-refractivity contribution < 1.29 is 18.3 Å². The maximum Gasteiger partial charge on any atom is 0.311 e. The third kappa shape index (κ3) is 3.43. The number of hydrogen-bond acceptors (Lipinski definition) is 3. The second kappa shape index (κ2) is 5.02. The molecule has 3 nitrogen and oxygen atoms in total. The largest absolute Gasteiger partial charge is 0.469 e. The van der Waals surface area contributed by atoms with Gasteiger partial charge in [0.25, 0.3) is 6.43 Å². The minimum Gasteiger partial charge on any atom is -0.469 e. The number of carbonyl (C=O) groups is 1. The molecular weight excluding hydrogens is 228 g/mol. The number of halogens is 3. The molecule has 0 amide bonds. The van der Waals surface area contributed by atoms with Gasteiger partial charge < -0.3 is 4.74 Å². The van der Waals surface area contributed by atoms with Crippen LogP contribution in [0.25, 0.3) is 0 Å². The third-order valence-electron chi connectivity index (χ3n) is 1.67. The Morgan fingerprint density at radius 1 is 1.60 bits per heavy atom. The minimum absolute atomic E-state index is 0.0632. The Morgan fingerprint density at radius 2 is 2.27 bits per heavy atom. The molecule has 0 saturated carbocycles. The first kappa shape index (κ1) is 11.8. The van der Waals surface area contributed by atoms with Crippen molar-refractivity contribution in [3.63, 3.8) is 0 Å². The second-order valence-corrected chi connectivity index (χ2v) is 3.16. The molecule has 6 heteroatoms. The van der Waals surface area contributed by atoms with Crippen molar-refractivity contribution in [1.82, 2.24) is 4.98 Å². The quantitative estimate of drug-likeness (QED) is 0.597. The summed E-state index contributed by atoms with van der Waals surface area (Å²) in [4.78, 5) is 14.6. The van der Waals surface area contributed by atoms with E-state index in [0.717, 1.165) is 12.1 Å². The number of rotatable bonds is 3. The maximum absolute atomic E-state index is 12.3. The number of ether oxygens (including phenoxy) is 1. The van der Waals surface area contributed by atoms with Gasteiger partial charge in [-0.2, -0.15) is 0 Å². The first-order chi connectivity index (χ1) is 7.02. The predicted molar refractivity (Wildman–Crippen MR) is 49.9 cm³/mol. The predicted octanol–water partition coefficient (Wildman–Crippen LogP) is 2.39. The lowest BCUT2D eigenvalue weighted by atomic mass is 10.2. The average molecular weight is 236 g/mol. The van der Waals surface area contributed by atoms with Gasteiger partial charge in [-0.3, -0.25) is 4.79 Å². The summed E-state index contributed by atoms with van der Waals surface area (Å²) in [6.45, 7) is 0. The number of methoxy groups -OCH3 is 1. The van der Waals surface area contributed by atoms with E-state index in [1.54, 1.807) is 0 Å². The molecule has 0 aliphatic carbocycles. The third-order valence-corrected chi connectivity index (χ3v) is 1.87. The molecule has 0 unspecified atom stereocenters. The molecule has 0 aliphatic heterocycles. The minimum atomic E-state index is -2.64. The van der Waals surface area contributed by atoms with Gasteiger partial charge in [-0.1, -0.05) is 11.6 Å². The van der Waals surface area contributed by atoms with Gasteiger partial charge in [0.2, 0.25) is 0 Å². The van der Waals surface area contributed by atoms with E-state index in [-0.39, 0.29) is 22.8 Å². The van der Waals surface area contributed by atoms with Crippen molar-refractivity contribution in [2.24, 2.45) is 0 Å². The number of alkyl halides is 2. The van der Waals surface area contributed by atoms with Crippen LogP contribution in [0.15, 0.2) is 12.1 Å². The van der Waals surface area contributed by atoms with Crippen molar-refractivity contribution in [2.45, 2.75) is 12.8 Å². The topological polar surface area (TPSA) is 39.2 Å². The molecule has 0 aliphatic rings. The summed E-state index contributed by atoms with van der Waals surface area (Å²) in [7, 11) is 1.21.